The van der Waals surface area contributed by atoms with Gasteiger partial charge < -0.3 is 19.7 Å². The van der Waals surface area contributed by atoms with E-state index < -0.39 is 6.10 Å². The second-order valence-electron chi connectivity index (χ2n) is 6.11. The summed E-state index contributed by atoms with van der Waals surface area (Å²) in [4.78, 5) is 25.6. The minimum Gasteiger partial charge on any atom is -0.482 e. The van der Waals surface area contributed by atoms with Gasteiger partial charge >= 0.3 is 0 Å². The average molecular weight is 318 g/mol. The van der Waals surface area contributed by atoms with E-state index in [-0.39, 0.29) is 24.0 Å². The van der Waals surface area contributed by atoms with Crippen LogP contribution < -0.4 is 14.8 Å². The van der Waals surface area contributed by atoms with Gasteiger partial charge in [0.25, 0.3) is 5.91 Å². The summed E-state index contributed by atoms with van der Waals surface area (Å²) in [5, 5.41) is 2.91. The highest BCUT2D eigenvalue weighted by atomic mass is 16.6. The number of likely N-dealkylation sites (tertiary alicyclic amines) is 1. The summed E-state index contributed by atoms with van der Waals surface area (Å²) in [6, 6.07) is 7.54. The van der Waals surface area contributed by atoms with Crippen LogP contribution in [0.3, 0.4) is 0 Å². The molecule has 2 aliphatic heterocycles. The van der Waals surface area contributed by atoms with Crippen molar-refractivity contribution in [2.24, 2.45) is 0 Å². The van der Waals surface area contributed by atoms with E-state index in [4.69, 9.17) is 9.47 Å². The van der Waals surface area contributed by atoms with Crippen LogP contribution in [-0.2, 0) is 9.59 Å². The second-order valence-corrected chi connectivity index (χ2v) is 6.11. The molecule has 3 rings (SSSR count). The van der Waals surface area contributed by atoms with Gasteiger partial charge in [0.2, 0.25) is 12.0 Å². The molecule has 0 unspecified atom stereocenters. The fraction of sp³-hybridized carbons (Fsp3) is 0.529. The van der Waals surface area contributed by atoms with Crippen molar-refractivity contribution in [3.05, 3.63) is 24.3 Å². The largest absolute Gasteiger partial charge is 0.482 e. The predicted octanol–water partition coefficient (Wildman–Crippen LogP) is 1.34. The predicted molar refractivity (Wildman–Crippen MR) is 84.4 cm³/mol. The molecule has 2 heterocycles. The molecule has 1 N–H and O–H groups in total. The van der Waals surface area contributed by atoms with Gasteiger partial charge in [-0.05, 0) is 31.9 Å². The molecule has 0 saturated carbocycles. The summed E-state index contributed by atoms with van der Waals surface area (Å²) in [7, 11) is 0. The number of rotatable bonds is 2. The van der Waals surface area contributed by atoms with Crippen LogP contribution in [0, 0.1) is 0 Å². The zero-order valence-corrected chi connectivity index (χ0v) is 13.5. The SMILES string of the molecule is CC(=O)NC1CCN(C(=O)[C@@H]2Oc3ccccc3O[C@@H]2C)CC1. The first-order valence-corrected chi connectivity index (χ1v) is 8.03. The molecule has 1 aromatic carbocycles. The van der Waals surface area contributed by atoms with Crippen LogP contribution >= 0.6 is 0 Å². The number of hydrogen-bond donors (Lipinski definition) is 1. The Kier molecular flexibility index (Phi) is 4.41. The zero-order valence-electron chi connectivity index (χ0n) is 13.5. The maximum Gasteiger partial charge on any atom is 0.267 e. The number of carbonyl (C=O) groups is 2. The van der Waals surface area contributed by atoms with Crippen molar-refractivity contribution in [1.82, 2.24) is 10.2 Å². The van der Waals surface area contributed by atoms with Gasteiger partial charge in [-0.3, -0.25) is 9.59 Å². The Balaban J connectivity index is 1.62. The highest BCUT2D eigenvalue weighted by Crippen LogP contribution is 2.34. The molecular weight excluding hydrogens is 296 g/mol. The van der Waals surface area contributed by atoms with Crippen molar-refractivity contribution in [3.8, 4) is 11.5 Å². The summed E-state index contributed by atoms with van der Waals surface area (Å²) >= 11 is 0. The number of nitrogens with zero attached hydrogens (tertiary/aromatic N) is 1. The molecular formula is C17H22N2O4. The molecule has 0 bridgehead atoms. The number of nitrogens with one attached hydrogen (secondary N) is 1. The lowest BCUT2D eigenvalue weighted by Gasteiger charge is -2.37. The lowest BCUT2D eigenvalue weighted by molar-refractivity contribution is -0.145. The fourth-order valence-electron chi connectivity index (χ4n) is 3.10. The summed E-state index contributed by atoms with van der Waals surface area (Å²) < 4.78 is 11.7. The topological polar surface area (TPSA) is 67.9 Å². The third-order valence-electron chi connectivity index (χ3n) is 4.30. The Labute approximate surface area is 135 Å². The Morgan fingerprint density at radius 2 is 1.74 bits per heavy atom. The van der Waals surface area contributed by atoms with E-state index >= 15 is 0 Å². The van der Waals surface area contributed by atoms with Gasteiger partial charge in [0.1, 0.15) is 6.10 Å². The maximum atomic E-state index is 12.7. The molecule has 2 amide bonds. The number of amides is 2. The number of benzene rings is 1. The molecule has 6 nitrogen and oxygen atoms in total. The summed E-state index contributed by atoms with van der Waals surface area (Å²) in [6.07, 6.45) is 0.584. The van der Waals surface area contributed by atoms with Crippen LogP contribution in [0.4, 0.5) is 0 Å². The Morgan fingerprint density at radius 1 is 1.13 bits per heavy atom. The first-order valence-electron chi connectivity index (χ1n) is 8.03. The average Bonchev–Trinajstić information content (AvgIpc) is 2.54. The van der Waals surface area contributed by atoms with Crippen molar-refractivity contribution in [2.45, 2.75) is 44.9 Å². The number of carbonyl (C=O) groups excluding carboxylic acids is 2. The minimum atomic E-state index is -0.623. The van der Waals surface area contributed by atoms with Crippen LogP contribution in [0.15, 0.2) is 24.3 Å². The van der Waals surface area contributed by atoms with Gasteiger partial charge in [-0.25, -0.2) is 0 Å². The second kappa shape index (κ2) is 6.48. The lowest BCUT2D eigenvalue weighted by Crippen LogP contribution is -2.54. The molecule has 2 aliphatic rings. The van der Waals surface area contributed by atoms with Crippen molar-refractivity contribution < 1.29 is 19.1 Å². The first-order chi connectivity index (χ1) is 11.0. The van der Waals surface area contributed by atoms with Gasteiger partial charge in [0.05, 0.1) is 0 Å². The highest BCUT2D eigenvalue weighted by molar-refractivity contribution is 5.82. The monoisotopic (exact) mass is 318 g/mol. The van der Waals surface area contributed by atoms with E-state index in [2.05, 4.69) is 5.32 Å². The Morgan fingerprint density at radius 3 is 2.35 bits per heavy atom. The minimum absolute atomic E-state index is 0.0241. The Bertz CT molecular complexity index is 596. The molecule has 0 radical (unpaired) electrons. The van der Waals surface area contributed by atoms with Gasteiger partial charge in [0.15, 0.2) is 11.5 Å². The van der Waals surface area contributed by atoms with Gasteiger partial charge in [-0.2, -0.15) is 0 Å². The third-order valence-corrected chi connectivity index (χ3v) is 4.30. The molecule has 0 spiro atoms. The van der Waals surface area contributed by atoms with Crippen LogP contribution in [0.5, 0.6) is 11.5 Å². The quantitative estimate of drug-likeness (QED) is 0.893. The molecule has 1 fully saturated rings. The van der Waals surface area contributed by atoms with E-state index in [0.717, 1.165) is 12.8 Å². The third kappa shape index (κ3) is 3.41. The molecule has 0 aromatic heterocycles. The summed E-state index contributed by atoms with van der Waals surface area (Å²) in [5.74, 6) is 1.21. The molecule has 124 valence electrons. The highest BCUT2D eigenvalue weighted by Gasteiger charge is 2.37. The zero-order chi connectivity index (χ0) is 16.4. The van der Waals surface area contributed by atoms with E-state index in [1.54, 1.807) is 4.90 Å². The molecule has 1 aromatic rings. The smallest absolute Gasteiger partial charge is 0.267 e. The van der Waals surface area contributed by atoms with Crippen LogP contribution in [0.1, 0.15) is 26.7 Å². The number of fused-ring (bicyclic) bond motifs is 1. The van der Waals surface area contributed by atoms with E-state index in [1.165, 1.54) is 6.92 Å². The van der Waals surface area contributed by atoms with E-state index in [0.29, 0.717) is 24.6 Å². The maximum absolute atomic E-state index is 12.7. The number of hydrogen-bond acceptors (Lipinski definition) is 4. The number of piperidine rings is 1. The van der Waals surface area contributed by atoms with Gasteiger partial charge in [0, 0.05) is 26.1 Å². The fourth-order valence-corrected chi connectivity index (χ4v) is 3.10. The van der Waals surface area contributed by atoms with Crippen LogP contribution in [0.2, 0.25) is 0 Å². The standard InChI is InChI=1S/C17H22N2O4/c1-11-16(23-15-6-4-3-5-14(15)22-11)17(21)19-9-7-13(8-10-19)18-12(2)20/h3-6,11,13,16H,7-10H2,1-2H3,(H,18,20)/t11-,16-/m1/s1. The first kappa shape index (κ1) is 15.6. The lowest BCUT2D eigenvalue weighted by atomic mass is 10.0. The molecule has 1 saturated heterocycles. The molecule has 23 heavy (non-hydrogen) atoms. The van der Waals surface area contributed by atoms with E-state index in [9.17, 15) is 9.59 Å². The number of ether oxygens (including phenoxy) is 2. The summed E-state index contributed by atoms with van der Waals surface area (Å²) in [5.41, 5.74) is 0. The van der Waals surface area contributed by atoms with Gasteiger partial charge in [-0.15, -0.1) is 0 Å². The normalized spacial score (nSPS) is 24.2. The molecule has 0 aliphatic carbocycles. The number of para-hydroxylation sites is 2. The van der Waals surface area contributed by atoms with E-state index in [1.807, 2.05) is 31.2 Å². The van der Waals surface area contributed by atoms with Crippen molar-refractivity contribution in [3.63, 3.8) is 0 Å². The van der Waals surface area contributed by atoms with Crippen LogP contribution in [0.25, 0.3) is 0 Å². The van der Waals surface area contributed by atoms with Crippen molar-refractivity contribution in [1.29, 1.82) is 0 Å². The van der Waals surface area contributed by atoms with Gasteiger partial charge in [-0.1, -0.05) is 12.1 Å². The molecule has 2 atom stereocenters. The Hall–Kier alpha value is -2.24. The van der Waals surface area contributed by atoms with Crippen molar-refractivity contribution >= 4 is 11.8 Å². The van der Waals surface area contributed by atoms with Crippen molar-refractivity contribution in [2.75, 3.05) is 13.1 Å². The summed E-state index contributed by atoms with van der Waals surface area (Å²) in [6.45, 7) is 4.61. The molecule has 6 heteroatoms. The van der Waals surface area contributed by atoms with Crippen LogP contribution in [-0.4, -0.2) is 48.1 Å².